The van der Waals surface area contributed by atoms with Crippen molar-refractivity contribution in [2.45, 2.75) is 24.4 Å². The van der Waals surface area contributed by atoms with Gasteiger partial charge in [0.2, 0.25) is 14.4 Å². The maximum absolute atomic E-state index is 10.3. The van der Waals surface area contributed by atoms with Crippen molar-refractivity contribution in [1.29, 1.82) is 0 Å². The highest BCUT2D eigenvalue weighted by Gasteiger charge is 2.32. The molecule has 0 rings (SSSR count). The van der Waals surface area contributed by atoms with E-state index in [-0.39, 0.29) is 0 Å². The normalized spacial score (nSPS) is 17.7. The Hall–Kier alpha value is -0.420. The molecule has 0 radical (unpaired) electrons. The van der Waals surface area contributed by atoms with Crippen LogP contribution < -0.4 is 11.2 Å². The number of carbonyl (C=O) groups is 1. The maximum atomic E-state index is 10.3. The van der Waals surface area contributed by atoms with Crippen molar-refractivity contribution < 1.29 is 40.1 Å². The minimum Gasteiger partial charge on any atom is -0.394 e. The van der Waals surface area contributed by atoms with E-state index < -0.39 is 45.5 Å². The predicted octanol–water partition coefficient (Wildman–Crippen LogP) is -4.94. The lowest BCUT2D eigenvalue weighted by Gasteiger charge is -2.23. The fourth-order valence-electron chi connectivity index (χ4n) is 0.691. The average molecular weight is 276 g/mol. The van der Waals surface area contributed by atoms with Gasteiger partial charge in [-0.2, -0.15) is 0 Å². The van der Waals surface area contributed by atoms with Gasteiger partial charge in [-0.15, -0.1) is 0 Å². The first kappa shape index (κ1) is 18.9. The van der Waals surface area contributed by atoms with Crippen LogP contribution in [0.15, 0.2) is 0 Å². The molecule has 0 heterocycles. The summed E-state index contributed by atoms with van der Waals surface area (Å²) in [6, 6.07) is 0. The third kappa shape index (κ3) is 9.30. The van der Waals surface area contributed by atoms with E-state index in [1.807, 2.05) is 0 Å². The highest BCUT2D eigenvalue weighted by molar-refractivity contribution is 7.42. The fraction of sp³-hybridized carbons (Fsp3) is 0.833. The van der Waals surface area contributed by atoms with Crippen LogP contribution in [0.2, 0.25) is 0 Å². The minimum absolute atomic E-state index is 0.802. The van der Waals surface area contributed by atoms with Crippen LogP contribution in [0.3, 0.4) is 0 Å². The monoisotopic (exact) mass is 276 g/mol. The summed E-state index contributed by atoms with van der Waals surface area (Å²) in [5.74, 6) is -1.23. The molecule has 10 nitrogen and oxygen atoms in total. The second-order valence-corrected chi connectivity index (χ2v) is 3.54. The summed E-state index contributed by atoms with van der Waals surface area (Å²) in [5, 5.41) is 44.0. The topological polar surface area (TPSA) is 211 Å². The zero-order valence-electron chi connectivity index (χ0n) is 8.66. The molecule has 0 fully saturated rings. The molecular weight excluding hydrogens is 259 g/mol. The summed E-state index contributed by atoms with van der Waals surface area (Å²) < 4.78 is 0. The van der Waals surface area contributed by atoms with E-state index >= 15 is 0 Å². The van der Waals surface area contributed by atoms with Crippen LogP contribution in [0.4, 0.5) is 0 Å². The molecule has 0 spiro atoms. The smallest absolute Gasteiger partial charge is 0.249 e. The predicted molar refractivity (Wildman–Crippen MR) is 55.9 cm³/mol. The van der Waals surface area contributed by atoms with Gasteiger partial charge < -0.3 is 41.1 Å². The zero-order chi connectivity index (χ0) is 14.2. The number of aliphatic hydroxyl groups is 5. The SMILES string of the molecule is NC(=O)[C@H](O)[C@@H](O)[C@@H](O)[C@H](O)CO.NP(O)O. The van der Waals surface area contributed by atoms with Crippen LogP contribution in [0, 0.1) is 0 Å². The van der Waals surface area contributed by atoms with Crippen molar-refractivity contribution in [3.8, 4) is 0 Å². The molecule has 0 saturated carbocycles. The maximum Gasteiger partial charge on any atom is 0.249 e. The first-order chi connectivity index (χ1) is 7.64. The molecule has 104 valence electrons. The highest BCUT2D eigenvalue weighted by atomic mass is 31.2. The molecule has 0 aliphatic rings. The number of rotatable bonds is 5. The summed E-state index contributed by atoms with van der Waals surface area (Å²) in [6.07, 6.45) is -7.35. The van der Waals surface area contributed by atoms with Gasteiger partial charge in [0.05, 0.1) is 6.61 Å². The van der Waals surface area contributed by atoms with Gasteiger partial charge in [-0.3, -0.25) is 10.3 Å². The van der Waals surface area contributed by atoms with Crippen molar-refractivity contribution in [3.05, 3.63) is 0 Å². The minimum atomic E-state index is -2.12. The number of hydrogen-bond acceptors (Lipinski definition) is 9. The number of primary amides is 1. The summed E-state index contributed by atoms with van der Waals surface area (Å²) in [5.41, 5.74) is 8.90. The standard InChI is InChI=1S/C6H13NO6.H4NO2P/c7-6(13)5(12)4(11)3(10)2(9)1-8;1-4(2)3/h2-5,8-12H,1H2,(H2,7,13);2-3H,1H2/t2-,3+,4+,5-;/m1./s1. The average Bonchev–Trinajstić information content (AvgIpc) is 2.23. The molecule has 4 atom stereocenters. The largest absolute Gasteiger partial charge is 0.394 e. The van der Waals surface area contributed by atoms with Crippen molar-refractivity contribution in [3.63, 3.8) is 0 Å². The lowest BCUT2D eigenvalue weighted by Crippen LogP contribution is -2.50. The Labute approximate surface area is 97.7 Å². The highest BCUT2D eigenvalue weighted by Crippen LogP contribution is 2.05. The Morgan fingerprint density at radius 2 is 1.47 bits per heavy atom. The van der Waals surface area contributed by atoms with Crippen molar-refractivity contribution in [1.82, 2.24) is 0 Å². The second kappa shape index (κ2) is 9.59. The van der Waals surface area contributed by atoms with E-state index in [9.17, 15) is 4.79 Å². The molecule has 11 N–H and O–H groups in total. The Bertz CT molecular complexity index is 215. The van der Waals surface area contributed by atoms with Gasteiger partial charge in [-0.1, -0.05) is 0 Å². The Balaban J connectivity index is 0. The number of amides is 1. The van der Waals surface area contributed by atoms with Gasteiger partial charge in [-0.25, -0.2) is 0 Å². The van der Waals surface area contributed by atoms with Gasteiger partial charge in [0.15, 0.2) is 6.10 Å². The van der Waals surface area contributed by atoms with Crippen molar-refractivity contribution in [2.75, 3.05) is 6.61 Å². The van der Waals surface area contributed by atoms with Crippen LogP contribution in [0.25, 0.3) is 0 Å². The lowest BCUT2D eigenvalue weighted by molar-refractivity contribution is -0.146. The molecule has 17 heavy (non-hydrogen) atoms. The van der Waals surface area contributed by atoms with E-state index in [4.69, 9.17) is 35.3 Å². The molecule has 0 aromatic rings. The van der Waals surface area contributed by atoms with Gasteiger partial charge in [0.25, 0.3) is 0 Å². The van der Waals surface area contributed by atoms with E-state index in [1.165, 1.54) is 0 Å². The molecule has 11 heteroatoms. The van der Waals surface area contributed by atoms with Crippen LogP contribution in [0.1, 0.15) is 0 Å². The van der Waals surface area contributed by atoms with E-state index in [1.54, 1.807) is 0 Å². The van der Waals surface area contributed by atoms with E-state index in [2.05, 4.69) is 11.2 Å². The Kier molecular flexibility index (Phi) is 10.7. The number of carbonyl (C=O) groups excluding carboxylic acids is 1. The van der Waals surface area contributed by atoms with Gasteiger partial charge >= 0.3 is 0 Å². The quantitative estimate of drug-likeness (QED) is 0.220. The summed E-state index contributed by atoms with van der Waals surface area (Å²) in [4.78, 5) is 25.2. The molecule has 1 amide bonds. The fourth-order valence-corrected chi connectivity index (χ4v) is 0.691. The van der Waals surface area contributed by atoms with Crippen LogP contribution in [-0.2, 0) is 4.79 Å². The summed E-state index contributed by atoms with van der Waals surface area (Å²) in [6.45, 7) is -0.802. The third-order valence-electron chi connectivity index (χ3n) is 1.55. The molecule has 0 aliphatic carbocycles. The van der Waals surface area contributed by atoms with Gasteiger partial charge in [-0.05, 0) is 0 Å². The van der Waals surface area contributed by atoms with Crippen LogP contribution >= 0.6 is 8.53 Å². The first-order valence-electron chi connectivity index (χ1n) is 4.20. The van der Waals surface area contributed by atoms with E-state index in [0.717, 1.165) is 0 Å². The molecule has 0 unspecified atom stereocenters. The van der Waals surface area contributed by atoms with E-state index in [0.29, 0.717) is 0 Å². The summed E-state index contributed by atoms with van der Waals surface area (Å²) >= 11 is 0. The number of nitrogens with two attached hydrogens (primary N) is 2. The van der Waals surface area contributed by atoms with Gasteiger partial charge in [0, 0.05) is 0 Å². The van der Waals surface area contributed by atoms with Crippen molar-refractivity contribution >= 4 is 14.4 Å². The number of hydrogen-bond donors (Lipinski definition) is 9. The first-order valence-corrected chi connectivity index (χ1v) is 5.51. The molecule has 0 aromatic heterocycles. The third-order valence-corrected chi connectivity index (χ3v) is 1.55. The molecular formula is C6H17N2O8P. The molecule has 0 saturated heterocycles. The van der Waals surface area contributed by atoms with Gasteiger partial charge in [0.1, 0.15) is 18.3 Å². The zero-order valence-corrected chi connectivity index (χ0v) is 9.55. The Morgan fingerprint density at radius 3 is 1.71 bits per heavy atom. The Morgan fingerprint density at radius 1 is 1.12 bits per heavy atom. The van der Waals surface area contributed by atoms with Crippen LogP contribution in [-0.4, -0.2) is 72.2 Å². The second-order valence-electron chi connectivity index (χ2n) is 2.90. The lowest BCUT2D eigenvalue weighted by atomic mass is 10.0. The number of aliphatic hydroxyl groups excluding tert-OH is 5. The molecule has 0 aromatic carbocycles. The molecule has 0 bridgehead atoms. The van der Waals surface area contributed by atoms with Crippen LogP contribution in [0.5, 0.6) is 0 Å². The summed E-state index contributed by atoms with van der Waals surface area (Å²) in [7, 11) is -2.12. The molecule has 0 aliphatic heterocycles. The van der Waals surface area contributed by atoms with Crippen molar-refractivity contribution in [2.24, 2.45) is 11.2 Å².